The predicted octanol–water partition coefficient (Wildman–Crippen LogP) is 5.84. The third kappa shape index (κ3) is 10.8. The van der Waals surface area contributed by atoms with Crippen molar-refractivity contribution in [3.05, 3.63) is 23.8 Å². The van der Waals surface area contributed by atoms with Gasteiger partial charge in [0.15, 0.2) is 11.5 Å². The zero-order chi connectivity index (χ0) is 30.6. The molecule has 10 nitrogen and oxygen atoms in total. The number of carboxylic acid groups (broad SMARTS) is 1. The van der Waals surface area contributed by atoms with Gasteiger partial charge in [0.05, 0.1) is 18.4 Å². The van der Waals surface area contributed by atoms with E-state index in [-0.39, 0.29) is 24.0 Å². The summed E-state index contributed by atoms with van der Waals surface area (Å²) < 4.78 is 21.9. The summed E-state index contributed by atoms with van der Waals surface area (Å²) in [5.74, 6) is -4.38. The standard InChI is InChI=1S/C30H47NO9/c1-9-12-18(4)27(34)38-22-15-14-21(16-23(22)39-28(35)19(5)13-10-2)24(25(31)26(32)33)20(6)17-37-29(36)40-30(7,8)11-3/h14-16,18-20,24-25H,9-13,17,31H2,1-8H3,(H,32,33)/t18?,19?,20?,24?,25-/m0/s1. The molecule has 0 saturated carbocycles. The van der Waals surface area contributed by atoms with Crippen molar-refractivity contribution >= 4 is 24.1 Å². The van der Waals surface area contributed by atoms with Crippen molar-refractivity contribution in [2.75, 3.05) is 6.61 Å². The van der Waals surface area contributed by atoms with Gasteiger partial charge in [0.25, 0.3) is 0 Å². The van der Waals surface area contributed by atoms with E-state index in [1.54, 1.807) is 40.7 Å². The molecule has 1 aromatic rings. The van der Waals surface area contributed by atoms with E-state index in [1.165, 1.54) is 12.1 Å². The molecule has 1 rings (SSSR count). The van der Waals surface area contributed by atoms with Crippen molar-refractivity contribution in [3.8, 4) is 11.5 Å². The Bertz CT molecular complexity index is 1010. The second-order valence-corrected chi connectivity index (χ2v) is 11.1. The first-order valence-corrected chi connectivity index (χ1v) is 14.1. The van der Waals surface area contributed by atoms with Crippen molar-refractivity contribution in [1.29, 1.82) is 0 Å². The van der Waals surface area contributed by atoms with Crippen LogP contribution in [0.15, 0.2) is 18.2 Å². The summed E-state index contributed by atoms with van der Waals surface area (Å²) >= 11 is 0. The molecule has 0 spiro atoms. The maximum atomic E-state index is 12.8. The van der Waals surface area contributed by atoms with Gasteiger partial charge >= 0.3 is 24.1 Å². The van der Waals surface area contributed by atoms with E-state index in [2.05, 4.69) is 0 Å². The first-order valence-electron chi connectivity index (χ1n) is 14.1. The fourth-order valence-corrected chi connectivity index (χ4v) is 4.09. The first kappa shape index (κ1) is 34.9. The number of esters is 2. The van der Waals surface area contributed by atoms with Crippen LogP contribution in [-0.4, -0.2) is 47.4 Å². The van der Waals surface area contributed by atoms with E-state index < -0.39 is 53.5 Å². The Morgan fingerprint density at radius 3 is 1.90 bits per heavy atom. The molecule has 0 amide bonds. The highest BCUT2D eigenvalue weighted by Gasteiger charge is 2.33. The smallest absolute Gasteiger partial charge is 0.480 e. The molecular weight excluding hydrogens is 518 g/mol. The summed E-state index contributed by atoms with van der Waals surface area (Å²) in [6, 6.07) is 3.13. The molecule has 0 bridgehead atoms. The molecule has 1 aromatic carbocycles. The second-order valence-electron chi connectivity index (χ2n) is 11.1. The molecule has 0 aliphatic rings. The number of hydrogen-bond donors (Lipinski definition) is 2. The van der Waals surface area contributed by atoms with E-state index in [0.717, 1.165) is 12.8 Å². The fraction of sp³-hybridized carbons (Fsp3) is 0.667. The third-order valence-electron chi connectivity index (χ3n) is 6.98. The summed E-state index contributed by atoms with van der Waals surface area (Å²) in [5, 5.41) is 9.74. The molecule has 0 aliphatic carbocycles. The number of hydrogen-bond acceptors (Lipinski definition) is 9. The summed E-state index contributed by atoms with van der Waals surface area (Å²) in [4.78, 5) is 49.6. The molecule has 0 heterocycles. The Morgan fingerprint density at radius 2 is 1.43 bits per heavy atom. The maximum absolute atomic E-state index is 12.8. The van der Waals surface area contributed by atoms with Gasteiger partial charge in [-0.2, -0.15) is 0 Å². The molecule has 0 radical (unpaired) electrons. The highest BCUT2D eigenvalue weighted by Crippen LogP contribution is 2.36. The summed E-state index contributed by atoms with van der Waals surface area (Å²) in [5.41, 5.74) is 5.79. The quantitative estimate of drug-likeness (QED) is 0.185. The Labute approximate surface area is 237 Å². The van der Waals surface area contributed by atoms with Crippen LogP contribution < -0.4 is 15.2 Å². The molecule has 0 aromatic heterocycles. The Hall–Kier alpha value is -3.14. The van der Waals surface area contributed by atoms with Crippen LogP contribution in [0.2, 0.25) is 0 Å². The average molecular weight is 566 g/mol. The van der Waals surface area contributed by atoms with Crippen LogP contribution in [0.4, 0.5) is 4.79 Å². The lowest BCUT2D eigenvalue weighted by atomic mass is 9.82. The van der Waals surface area contributed by atoms with Crippen molar-refractivity contribution < 1.29 is 43.2 Å². The number of carbonyl (C=O) groups is 4. The summed E-state index contributed by atoms with van der Waals surface area (Å²) in [7, 11) is 0. The van der Waals surface area contributed by atoms with E-state index in [9.17, 15) is 24.3 Å². The van der Waals surface area contributed by atoms with Crippen LogP contribution in [-0.2, 0) is 23.9 Å². The van der Waals surface area contributed by atoms with Crippen LogP contribution in [0.1, 0.15) is 99.0 Å². The van der Waals surface area contributed by atoms with E-state index in [4.69, 9.17) is 24.7 Å². The van der Waals surface area contributed by atoms with Crippen LogP contribution in [0, 0.1) is 17.8 Å². The topological polar surface area (TPSA) is 151 Å². The number of carboxylic acids is 1. The third-order valence-corrected chi connectivity index (χ3v) is 6.98. The predicted molar refractivity (Wildman–Crippen MR) is 150 cm³/mol. The number of nitrogens with two attached hydrogens (primary N) is 1. The highest BCUT2D eigenvalue weighted by atomic mass is 16.7. The largest absolute Gasteiger partial charge is 0.508 e. The van der Waals surface area contributed by atoms with Gasteiger partial charge in [0.2, 0.25) is 0 Å². The molecule has 226 valence electrons. The van der Waals surface area contributed by atoms with Gasteiger partial charge < -0.3 is 29.8 Å². The van der Waals surface area contributed by atoms with Crippen LogP contribution in [0.5, 0.6) is 11.5 Å². The normalized spacial score (nSPS) is 15.2. The van der Waals surface area contributed by atoms with E-state index >= 15 is 0 Å². The minimum atomic E-state index is -1.37. The molecule has 0 aliphatic heterocycles. The lowest BCUT2D eigenvalue weighted by Gasteiger charge is -2.29. The zero-order valence-electron chi connectivity index (χ0n) is 25.2. The SMILES string of the molecule is CCCC(C)C(=O)Oc1ccc(C(C(C)COC(=O)OC(C)(C)CC)[C@H](N)C(=O)O)cc1OC(=O)C(C)CCC. The number of aliphatic carboxylic acids is 1. The van der Waals surface area contributed by atoms with Crippen LogP contribution in [0.25, 0.3) is 0 Å². The average Bonchev–Trinajstić information content (AvgIpc) is 2.88. The Morgan fingerprint density at radius 1 is 0.900 bits per heavy atom. The highest BCUT2D eigenvalue weighted by molar-refractivity contribution is 5.79. The minimum absolute atomic E-state index is 0.0117. The van der Waals surface area contributed by atoms with Gasteiger partial charge in [0, 0.05) is 5.92 Å². The van der Waals surface area contributed by atoms with Crippen LogP contribution in [0.3, 0.4) is 0 Å². The zero-order valence-corrected chi connectivity index (χ0v) is 25.2. The second kappa shape index (κ2) is 16.2. The van der Waals surface area contributed by atoms with Gasteiger partial charge in [-0.25, -0.2) is 4.79 Å². The molecule has 3 N–H and O–H groups in total. The molecule has 0 fully saturated rings. The first-order chi connectivity index (χ1) is 18.7. The lowest BCUT2D eigenvalue weighted by molar-refractivity contribution is -0.141. The van der Waals surface area contributed by atoms with Gasteiger partial charge in [-0.05, 0) is 56.7 Å². The monoisotopic (exact) mass is 565 g/mol. The number of rotatable bonds is 16. The lowest BCUT2D eigenvalue weighted by Crippen LogP contribution is -2.41. The van der Waals surface area contributed by atoms with Crippen molar-refractivity contribution in [1.82, 2.24) is 0 Å². The number of ether oxygens (including phenoxy) is 4. The van der Waals surface area contributed by atoms with Crippen molar-refractivity contribution in [3.63, 3.8) is 0 Å². The van der Waals surface area contributed by atoms with Crippen LogP contribution >= 0.6 is 0 Å². The maximum Gasteiger partial charge on any atom is 0.508 e. The van der Waals surface area contributed by atoms with Gasteiger partial charge in [-0.3, -0.25) is 14.4 Å². The van der Waals surface area contributed by atoms with E-state index in [1.807, 2.05) is 20.8 Å². The number of benzene rings is 1. The number of carbonyl (C=O) groups excluding carboxylic acids is 3. The molecule has 4 unspecified atom stereocenters. The summed E-state index contributed by atoms with van der Waals surface area (Å²) in [6.07, 6.45) is 2.51. The molecule has 0 saturated heterocycles. The van der Waals surface area contributed by atoms with Gasteiger partial charge in [-0.15, -0.1) is 0 Å². The van der Waals surface area contributed by atoms with Crippen molar-refractivity contribution in [2.24, 2.45) is 23.5 Å². The summed E-state index contributed by atoms with van der Waals surface area (Å²) in [6.45, 7) is 14.3. The Kier molecular flexibility index (Phi) is 14.1. The molecule has 5 atom stereocenters. The minimum Gasteiger partial charge on any atom is -0.480 e. The molecular formula is C30H47NO9. The molecule has 10 heteroatoms. The fourth-order valence-electron chi connectivity index (χ4n) is 4.09. The van der Waals surface area contributed by atoms with Crippen molar-refractivity contribution in [2.45, 2.75) is 105 Å². The van der Waals surface area contributed by atoms with Gasteiger partial charge in [0.1, 0.15) is 11.6 Å². The van der Waals surface area contributed by atoms with E-state index in [0.29, 0.717) is 24.8 Å². The molecule has 40 heavy (non-hydrogen) atoms. The Balaban J connectivity index is 3.39. The van der Waals surface area contributed by atoms with Gasteiger partial charge in [-0.1, -0.05) is 60.5 Å².